The highest BCUT2D eigenvalue weighted by atomic mass is 32.2. The van der Waals surface area contributed by atoms with Crippen LogP contribution in [0.4, 0.5) is 18.9 Å². The van der Waals surface area contributed by atoms with Crippen molar-refractivity contribution < 1.29 is 27.9 Å². The van der Waals surface area contributed by atoms with Crippen LogP contribution < -0.4 is 5.32 Å². The monoisotopic (exact) mass is 357 g/mol. The second-order valence-electron chi connectivity index (χ2n) is 5.60. The zero-order chi connectivity index (χ0) is 17.5. The van der Waals surface area contributed by atoms with Gasteiger partial charge in [-0.3, -0.25) is 4.79 Å². The van der Waals surface area contributed by atoms with Crippen LogP contribution in [0, 0.1) is 5.92 Å². The molecule has 128 valence electrons. The standard InChI is InChI=1S/C16H14F3NO3S/c17-16(18,19)10-5-6-24(8-10)11-3-4-13(12(7-11)15(22)23)20-14(21)9-1-2-9/h3-9,24H,1-2H2,(H,20,21)(H,22,23). The van der Waals surface area contributed by atoms with Crippen molar-refractivity contribution in [2.24, 2.45) is 5.92 Å². The van der Waals surface area contributed by atoms with Crippen LogP contribution >= 0.6 is 10.9 Å². The van der Waals surface area contributed by atoms with Crippen LogP contribution in [-0.4, -0.2) is 23.2 Å². The highest BCUT2D eigenvalue weighted by molar-refractivity contribution is 8.22. The van der Waals surface area contributed by atoms with Crippen LogP contribution in [0.25, 0.3) is 0 Å². The van der Waals surface area contributed by atoms with E-state index in [9.17, 15) is 27.9 Å². The van der Waals surface area contributed by atoms with Crippen molar-refractivity contribution in [2.45, 2.75) is 23.9 Å². The van der Waals surface area contributed by atoms with Crippen LogP contribution in [0.15, 0.2) is 45.6 Å². The Kier molecular flexibility index (Phi) is 4.16. The lowest BCUT2D eigenvalue weighted by Gasteiger charge is -2.15. The molecule has 3 rings (SSSR count). The number of hydrogen-bond acceptors (Lipinski definition) is 2. The average Bonchev–Trinajstić information content (AvgIpc) is 3.23. The van der Waals surface area contributed by atoms with Gasteiger partial charge in [0.05, 0.1) is 16.8 Å². The zero-order valence-corrected chi connectivity index (χ0v) is 13.2. The number of allylic oxidation sites excluding steroid dienone is 2. The molecule has 1 atom stereocenters. The molecule has 1 fully saturated rings. The van der Waals surface area contributed by atoms with Gasteiger partial charge in [0.1, 0.15) is 0 Å². The van der Waals surface area contributed by atoms with Gasteiger partial charge in [0, 0.05) is 5.92 Å². The van der Waals surface area contributed by atoms with Crippen LogP contribution in [0.1, 0.15) is 23.2 Å². The lowest BCUT2D eigenvalue weighted by Crippen LogP contribution is -2.16. The van der Waals surface area contributed by atoms with Gasteiger partial charge in [0.25, 0.3) is 0 Å². The number of hydrogen-bond donors (Lipinski definition) is 3. The van der Waals surface area contributed by atoms with Crippen molar-refractivity contribution in [3.05, 3.63) is 46.2 Å². The molecule has 1 aromatic rings. The maximum Gasteiger partial charge on any atom is 0.416 e. The van der Waals surface area contributed by atoms with Crippen molar-refractivity contribution in [3.8, 4) is 0 Å². The summed E-state index contributed by atoms with van der Waals surface area (Å²) in [5.41, 5.74) is -0.677. The number of carboxylic acid groups (broad SMARTS) is 1. The number of thiol groups is 1. The summed E-state index contributed by atoms with van der Waals surface area (Å²) in [6.07, 6.45) is -1.84. The lowest BCUT2D eigenvalue weighted by molar-refractivity contribution is -0.117. The number of nitrogens with one attached hydrogen (secondary N) is 1. The summed E-state index contributed by atoms with van der Waals surface area (Å²) in [4.78, 5) is 23.7. The number of carbonyl (C=O) groups is 2. The maximum absolute atomic E-state index is 12.7. The molecule has 1 aromatic carbocycles. The Morgan fingerprint density at radius 3 is 2.50 bits per heavy atom. The molecule has 8 heteroatoms. The molecule has 1 saturated carbocycles. The first-order valence-electron chi connectivity index (χ1n) is 7.19. The number of amides is 1. The number of carbonyl (C=O) groups excluding carboxylic acids is 1. The smallest absolute Gasteiger partial charge is 0.416 e. The van der Waals surface area contributed by atoms with Crippen molar-refractivity contribution in [3.63, 3.8) is 0 Å². The molecule has 0 radical (unpaired) electrons. The number of rotatable bonds is 4. The molecule has 1 aliphatic heterocycles. The number of alkyl halides is 3. The van der Waals surface area contributed by atoms with Crippen LogP contribution in [0.3, 0.4) is 0 Å². The molecule has 0 aromatic heterocycles. The van der Waals surface area contributed by atoms with Gasteiger partial charge in [-0.15, -0.1) is 0 Å². The predicted octanol–water partition coefficient (Wildman–Crippen LogP) is 4.07. The van der Waals surface area contributed by atoms with E-state index in [-0.39, 0.29) is 23.1 Å². The molecule has 0 saturated heterocycles. The van der Waals surface area contributed by atoms with Crippen molar-refractivity contribution >= 4 is 28.5 Å². The Balaban J connectivity index is 1.87. The second kappa shape index (κ2) is 6.01. The third kappa shape index (κ3) is 3.48. The molecule has 2 aliphatic rings. The lowest BCUT2D eigenvalue weighted by atomic mass is 10.1. The van der Waals surface area contributed by atoms with E-state index in [4.69, 9.17) is 0 Å². The third-order valence-corrected chi connectivity index (χ3v) is 5.66. The Morgan fingerprint density at radius 2 is 1.96 bits per heavy atom. The summed E-state index contributed by atoms with van der Waals surface area (Å²) in [6.45, 7) is 0. The topological polar surface area (TPSA) is 66.4 Å². The SMILES string of the molecule is O=C(O)c1cc([SH]2C=CC(C(F)(F)F)=C2)ccc1NC(=O)C1CC1. The summed E-state index contributed by atoms with van der Waals surface area (Å²) in [6, 6.07) is 4.33. The molecular formula is C16H14F3NO3S. The molecule has 2 N–H and O–H groups in total. The summed E-state index contributed by atoms with van der Waals surface area (Å²) < 4.78 is 38.1. The van der Waals surface area contributed by atoms with E-state index in [0.717, 1.165) is 24.3 Å². The van der Waals surface area contributed by atoms with Crippen LogP contribution in [0.5, 0.6) is 0 Å². The minimum atomic E-state index is -4.42. The first-order valence-corrected chi connectivity index (χ1v) is 8.67. The van der Waals surface area contributed by atoms with Gasteiger partial charge in [-0.05, 0) is 52.8 Å². The summed E-state index contributed by atoms with van der Waals surface area (Å²) in [5.74, 6) is -1.54. The average molecular weight is 357 g/mol. The Labute approximate surface area is 138 Å². The molecule has 24 heavy (non-hydrogen) atoms. The number of aromatic carboxylic acids is 1. The molecule has 1 amide bonds. The van der Waals surface area contributed by atoms with E-state index >= 15 is 0 Å². The van der Waals surface area contributed by atoms with Gasteiger partial charge in [-0.1, -0.05) is 0 Å². The Bertz CT molecular complexity index is 766. The quantitative estimate of drug-likeness (QED) is 0.712. The van der Waals surface area contributed by atoms with Gasteiger partial charge < -0.3 is 10.4 Å². The minimum absolute atomic E-state index is 0.0780. The molecule has 0 bridgehead atoms. The van der Waals surface area contributed by atoms with Crippen LogP contribution in [0.2, 0.25) is 0 Å². The first kappa shape index (κ1) is 16.6. The number of carboxylic acids is 1. The van der Waals surface area contributed by atoms with Crippen molar-refractivity contribution in [1.29, 1.82) is 0 Å². The molecule has 1 aliphatic carbocycles. The third-order valence-electron chi connectivity index (χ3n) is 3.76. The Hall–Kier alpha value is -2.22. The summed E-state index contributed by atoms with van der Waals surface area (Å²) in [7, 11) is -1.36. The van der Waals surface area contributed by atoms with Crippen molar-refractivity contribution in [2.75, 3.05) is 5.32 Å². The molecule has 0 spiro atoms. The zero-order valence-electron chi connectivity index (χ0n) is 12.3. The minimum Gasteiger partial charge on any atom is -0.478 e. The molecular weight excluding hydrogens is 343 g/mol. The highest BCUT2D eigenvalue weighted by Gasteiger charge is 2.34. The normalized spacial score (nSPS) is 21.5. The fourth-order valence-electron chi connectivity index (χ4n) is 2.28. The summed E-state index contributed by atoms with van der Waals surface area (Å²) >= 11 is 0. The van der Waals surface area contributed by atoms with E-state index in [2.05, 4.69) is 5.32 Å². The number of benzene rings is 1. The van der Waals surface area contributed by atoms with Gasteiger partial charge in [-0.25, -0.2) is 4.79 Å². The Morgan fingerprint density at radius 1 is 1.25 bits per heavy atom. The highest BCUT2D eigenvalue weighted by Crippen LogP contribution is 2.48. The van der Waals surface area contributed by atoms with Crippen LogP contribution in [-0.2, 0) is 4.79 Å². The van der Waals surface area contributed by atoms with Gasteiger partial charge in [0.2, 0.25) is 5.91 Å². The largest absolute Gasteiger partial charge is 0.478 e. The van der Waals surface area contributed by atoms with E-state index in [1.54, 1.807) is 6.07 Å². The van der Waals surface area contributed by atoms with E-state index in [0.29, 0.717) is 4.90 Å². The number of halogens is 3. The summed E-state index contributed by atoms with van der Waals surface area (Å²) in [5, 5.41) is 14.4. The van der Waals surface area contributed by atoms with Gasteiger partial charge in [-0.2, -0.15) is 24.1 Å². The fourth-order valence-corrected chi connectivity index (χ4v) is 4.07. The molecule has 1 heterocycles. The van der Waals surface area contributed by atoms with Gasteiger partial charge in [0.15, 0.2) is 0 Å². The molecule has 1 unspecified atom stereocenters. The predicted molar refractivity (Wildman–Crippen MR) is 85.3 cm³/mol. The van der Waals surface area contributed by atoms with Crippen molar-refractivity contribution in [1.82, 2.24) is 0 Å². The van der Waals surface area contributed by atoms with E-state index in [1.165, 1.54) is 17.5 Å². The maximum atomic E-state index is 12.7. The van der Waals surface area contributed by atoms with E-state index < -0.39 is 28.6 Å². The second-order valence-corrected chi connectivity index (χ2v) is 7.49. The fraction of sp³-hybridized carbons (Fsp3) is 0.250. The molecule has 4 nitrogen and oxygen atoms in total. The number of anilines is 1. The first-order chi connectivity index (χ1) is 11.3. The van der Waals surface area contributed by atoms with Gasteiger partial charge >= 0.3 is 12.1 Å². The van der Waals surface area contributed by atoms with E-state index in [1.807, 2.05) is 0 Å².